The van der Waals surface area contributed by atoms with Crippen molar-refractivity contribution in [2.24, 2.45) is 11.8 Å². The van der Waals surface area contributed by atoms with Crippen molar-refractivity contribution in [1.82, 2.24) is 4.98 Å². The Labute approximate surface area is 82.5 Å². The van der Waals surface area contributed by atoms with Crippen molar-refractivity contribution >= 4 is 5.82 Å². The molecule has 0 amide bonds. The molecule has 2 atom stereocenters. The zero-order valence-electron chi connectivity index (χ0n) is 7.91. The number of rotatable bonds is 2. The second-order valence-electron chi connectivity index (χ2n) is 4.40. The van der Waals surface area contributed by atoms with E-state index >= 15 is 0 Å². The minimum Gasteiger partial charge on any atom is -0.365 e. The smallest absolute Gasteiger partial charge is 0.165 e. The fraction of sp³-hybridized carbons (Fsp3) is 0.545. The topological polar surface area (TPSA) is 24.9 Å². The van der Waals surface area contributed by atoms with Gasteiger partial charge in [-0.25, -0.2) is 9.37 Å². The monoisotopic (exact) mass is 192 g/mol. The maximum atomic E-state index is 13.2. The average molecular weight is 192 g/mol. The standard InChI is InChI=1S/C11H13FN2/c12-10-2-1-3-13-11(10)14-9-5-7-4-8(7)6-9/h1-3,7-9H,4-6H2,(H,13,14). The number of pyridine rings is 1. The van der Waals surface area contributed by atoms with Gasteiger partial charge in [-0.15, -0.1) is 0 Å². The predicted molar refractivity (Wildman–Crippen MR) is 52.4 cm³/mol. The van der Waals surface area contributed by atoms with Gasteiger partial charge >= 0.3 is 0 Å². The molecule has 0 saturated heterocycles. The van der Waals surface area contributed by atoms with E-state index in [2.05, 4.69) is 10.3 Å². The van der Waals surface area contributed by atoms with Crippen LogP contribution in [-0.4, -0.2) is 11.0 Å². The summed E-state index contributed by atoms with van der Waals surface area (Å²) in [5.41, 5.74) is 0. The lowest BCUT2D eigenvalue weighted by atomic mass is 10.1. The third-order valence-electron chi connectivity index (χ3n) is 3.34. The molecule has 2 unspecified atom stereocenters. The molecular formula is C11H13FN2. The van der Waals surface area contributed by atoms with Crippen molar-refractivity contribution in [2.45, 2.75) is 25.3 Å². The number of nitrogens with one attached hydrogen (secondary N) is 1. The summed E-state index contributed by atoms with van der Waals surface area (Å²) in [5, 5.41) is 3.18. The molecule has 2 aliphatic carbocycles. The Morgan fingerprint density at radius 2 is 2.07 bits per heavy atom. The first-order valence-corrected chi connectivity index (χ1v) is 5.20. The van der Waals surface area contributed by atoms with Crippen LogP contribution in [-0.2, 0) is 0 Å². The molecule has 0 bridgehead atoms. The molecule has 2 aliphatic rings. The van der Waals surface area contributed by atoms with Crippen molar-refractivity contribution in [1.29, 1.82) is 0 Å². The molecule has 3 heteroatoms. The molecule has 1 aromatic heterocycles. The SMILES string of the molecule is Fc1cccnc1NC1CC2CC2C1. The summed E-state index contributed by atoms with van der Waals surface area (Å²) >= 11 is 0. The number of aromatic nitrogens is 1. The van der Waals surface area contributed by atoms with Gasteiger partial charge in [0.05, 0.1) is 0 Å². The summed E-state index contributed by atoms with van der Waals surface area (Å²) in [7, 11) is 0. The van der Waals surface area contributed by atoms with E-state index in [0.29, 0.717) is 11.9 Å². The van der Waals surface area contributed by atoms with Gasteiger partial charge in [0, 0.05) is 12.2 Å². The minimum absolute atomic E-state index is 0.243. The quantitative estimate of drug-likeness (QED) is 0.778. The molecule has 1 N–H and O–H groups in total. The highest BCUT2D eigenvalue weighted by Crippen LogP contribution is 2.52. The third-order valence-corrected chi connectivity index (χ3v) is 3.34. The maximum absolute atomic E-state index is 13.2. The number of anilines is 1. The summed E-state index contributed by atoms with van der Waals surface area (Å²) in [6, 6.07) is 3.51. The van der Waals surface area contributed by atoms with Crippen LogP contribution in [0.25, 0.3) is 0 Å². The number of halogens is 1. The third kappa shape index (κ3) is 1.37. The van der Waals surface area contributed by atoms with E-state index in [-0.39, 0.29) is 5.82 Å². The Morgan fingerprint density at radius 3 is 2.79 bits per heavy atom. The fourth-order valence-electron chi connectivity index (χ4n) is 2.52. The van der Waals surface area contributed by atoms with Gasteiger partial charge in [0.15, 0.2) is 11.6 Å². The van der Waals surface area contributed by atoms with Gasteiger partial charge in [0.2, 0.25) is 0 Å². The zero-order chi connectivity index (χ0) is 9.54. The van der Waals surface area contributed by atoms with E-state index < -0.39 is 0 Å². The molecule has 1 aromatic rings. The molecule has 0 spiro atoms. The summed E-state index contributed by atoms with van der Waals surface area (Å²) < 4.78 is 13.2. The van der Waals surface area contributed by atoms with Crippen LogP contribution in [0.3, 0.4) is 0 Å². The van der Waals surface area contributed by atoms with Gasteiger partial charge < -0.3 is 5.32 Å². The van der Waals surface area contributed by atoms with Crippen molar-refractivity contribution in [3.63, 3.8) is 0 Å². The second-order valence-corrected chi connectivity index (χ2v) is 4.40. The van der Waals surface area contributed by atoms with Crippen LogP contribution < -0.4 is 5.32 Å². The highest BCUT2D eigenvalue weighted by atomic mass is 19.1. The van der Waals surface area contributed by atoms with Crippen LogP contribution >= 0.6 is 0 Å². The lowest BCUT2D eigenvalue weighted by Gasteiger charge is -2.14. The van der Waals surface area contributed by atoms with Crippen LogP contribution in [0.2, 0.25) is 0 Å². The van der Waals surface area contributed by atoms with E-state index in [9.17, 15) is 4.39 Å². The van der Waals surface area contributed by atoms with Crippen molar-refractivity contribution in [3.05, 3.63) is 24.1 Å². The highest BCUT2D eigenvalue weighted by molar-refractivity contribution is 5.37. The minimum atomic E-state index is -0.243. The molecule has 2 nitrogen and oxygen atoms in total. The van der Waals surface area contributed by atoms with E-state index in [0.717, 1.165) is 11.8 Å². The Kier molecular flexibility index (Phi) is 1.72. The number of hydrogen-bond acceptors (Lipinski definition) is 2. The van der Waals surface area contributed by atoms with Crippen LogP contribution in [0, 0.1) is 17.7 Å². The van der Waals surface area contributed by atoms with Crippen LogP contribution in [0.15, 0.2) is 18.3 Å². The molecular weight excluding hydrogens is 179 g/mol. The fourth-order valence-corrected chi connectivity index (χ4v) is 2.52. The normalized spacial score (nSPS) is 33.9. The van der Waals surface area contributed by atoms with Gasteiger partial charge in [-0.1, -0.05) is 0 Å². The zero-order valence-corrected chi connectivity index (χ0v) is 7.91. The molecule has 3 rings (SSSR count). The molecule has 0 aliphatic heterocycles. The Balaban J connectivity index is 1.69. The molecule has 2 fully saturated rings. The second kappa shape index (κ2) is 2.94. The van der Waals surface area contributed by atoms with E-state index in [1.807, 2.05) is 0 Å². The van der Waals surface area contributed by atoms with Gasteiger partial charge in [-0.3, -0.25) is 0 Å². The molecule has 0 radical (unpaired) electrons. The van der Waals surface area contributed by atoms with Gasteiger partial charge in [-0.2, -0.15) is 0 Å². The lowest BCUT2D eigenvalue weighted by molar-refractivity contribution is 0.604. The molecule has 1 heterocycles. The first-order valence-electron chi connectivity index (χ1n) is 5.20. The summed E-state index contributed by atoms with van der Waals surface area (Å²) in [6.07, 6.45) is 5.41. The predicted octanol–water partition coefficient (Wildman–Crippen LogP) is 2.43. The average Bonchev–Trinajstić information content (AvgIpc) is 2.79. The van der Waals surface area contributed by atoms with E-state index in [1.165, 1.54) is 25.3 Å². The van der Waals surface area contributed by atoms with Gasteiger partial charge in [0.1, 0.15) is 0 Å². The maximum Gasteiger partial charge on any atom is 0.165 e. The molecule has 2 saturated carbocycles. The van der Waals surface area contributed by atoms with E-state index in [1.54, 1.807) is 12.3 Å². The summed E-state index contributed by atoms with van der Waals surface area (Å²) in [6.45, 7) is 0. The lowest BCUT2D eigenvalue weighted by Crippen LogP contribution is -2.18. The Morgan fingerprint density at radius 1 is 1.29 bits per heavy atom. The molecule has 74 valence electrons. The van der Waals surface area contributed by atoms with Gasteiger partial charge in [0.25, 0.3) is 0 Å². The number of hydrogen-bond donors (Lipinski definition) is 1. The summed E-state index contributed by atoms with van der Waals surface area (Å²) in [4.78, 5) is 4.00. The van der Waals surface area contributed by atoms with Crippen molar-refractivity contribution in [2.75, 3.05) is 5.32 Å². The number of fused-ring (bicyclic) bond motifs is 1. The first kappa shape index (κ1) is 8.21. The van der Waals surface area contributed by atoms with Crippen LogP contribution in [0.5, 0.6) is 0 Å². The van der Waals surface area contributed by atoms with Crippen molar-refractivity contribution < 1.29 is 4.39 Å². The van der Waals surface area contributed by atoms with E-state index in [4.69, 9.17) is 0 Å². The number of nitrogens with zero attached hydrogens (tertiary/aromatic N) is 1. The highest BCUT2D eigenvalue weighted by Gasteiger charge is 2.45. The first-order chi connectivity index (χ1) is 6.83. The van der Waals surface area contributed by atoms with Crippen LogP contribution in [0.1, 0.15) is 19.3 Å². The molecule has 0 aromatic carbocycles. The Bertz CT molecular complexity index is 343. The Hall–Kier alpha value is -1.12. The van der Waals surface area contributed by atoms with Crippen LogP contribution in [0.4, 0.5) is 10.2 Å². The largest absolute Gasteiger partial charge is 0.365 e. The summed E-state index contributed by atoms with van der Waals surface area (Å²) in [5.74, 6) is 2.01. The van der Waals surface area contributed by atoms with Gasteiger partial charge in [-0.05, 0) is 43.2 Å². The van der Waals surface area contributed by atoms with Crippen molar-refractivity contribution in [3.8, 4) is 0 Å². The molecule has 14 heavy (non-hydrogen) atoms.